The number of fused-ring (bicyclic) bond motifs is 2. The number of nitrogens with zero attached hydrogens (tertiary/aromatic N) is 5. The molecule has 1 aromatic carbocycles. The molecule has 0 amide bonds. The van der Waals surface area contributed by atoms with Crippen molar-refractivity contribution in [2.45, 2.75) is 62.2 Å². The number of benzene rings is 1. The van der Waals surface area contributed by atoms with Gasteiger partial charge in [-0.2, -0.15) is 9.97 Å². The first-order chi connectivity index (χ1) is 20.8. The van der Waals surface area contributed by atoms with E-state index in [4.69, 9.17) is 35.8 Å². The van der Waals surface area contributed by atoms with Crippen molar-refractivity contribution in [1.82, 2.24) is 19.9 Å². The van der Waals surface area contributed by atoms with Gasteiger partial charge in [-0.15, -0.1) is 0 Å². The van der Waals surface area contributed by atoms with E-state index in [9.17, 15) is 9.50 Å². The molecular weight excluding hydrogens is 580 g/mol. The number of ether oxygens (including phenoxy) is 3. The van der Waals surface area contributed by atoms with Gasteiger partial charge in [0.15, 0.2) is 5.82 Å². The number of hydrogen-bond donors (Lipinski definition) is 1. The summed E-state index contributed by atoms with van der Waals surface area (Å²) in [5, 5.41) is 11.2. The van der Waals surface area contributed by atoms with Gasteiger partial charge in [-0.25, -0.2) is 13.8 Å². The summed E-state index contributed by atoms with van der Waals surface area (Å²) in [7, 11) is 1.92. The Morgan fingerprint density at radius 2 is 2.05 bits per heavy atom. The maximum Gasteiger partial charge on any atom is 0.319 e. The molecule has 9 nitrogen and oxygen atoms in total. The second kappa shape index (κ2) is 10.3. The maximum atomic E-state index is 16.8. The highest BCUT2D eigenvalue weighted by Crippen LogP contribution is 2.50. The van der Waals surface area contributed by atoms with Gasteiger partial charge in [0, 0.05) is 43.1 Å². The second-order valence-corrected chi connectivity index (χ2v) is 13.2. The predicted molar refractivity (Wildman–Crippen MR) is 157 cm³/mol. The predicted octanol–water partition coefficient (Wildman–Crippen LogP) is 5.26. The third kappa shape index (κ3) is 4.57. The van der Waals surface area contributed by atoms with Crippen molar-refractivity contribution < 1.29 is 28.1 Å². The normalized spacial score (nSPS) is 28.7. The largest absolute Gasteiger partial charge is 0.508 e. The zero-order chi connectivity index (χ0) is 29.5. The molecule has 4 atom stereocenters. The van der Waals surface area contributed by atoms with Crippen molar-refractivity contribution in [1.29, 1.82) is 0 Å². The van der Waals surface area contributed by atoms with Crippen molar-refractivity contribution in [3.63, 3.8) is 0 Å². The molecule has 0 spiro atoms. The average Bonchev–Trinajstić information content (AvgIpc) is 3.67. The average molecular weight is 614 g/mol. The molecule has 1 aliphatic carbocycles. The lowest BCUT2D eigenvalue weighted by molar-refractivity contribution is 0.0297. The molecule has 3 aromatic rings. The van der Waals surface area contributed by atoms with Gasteiger partial charge in [-0.3, -0.25) is 4.90 Å². The standard InChI is InChI=1S/C31H34ClF2N5O4/c1-38-22-14-41-8-5-17(22)13-42-29-24-27(25(34)26(35-29)20-9-19(40)10-21(32)23(20)16-3-4-16)36-30(37-28(24)38)43-15-31-6-2-7-39(31)12-18(33)11-31/h9-10,16-18,22,40H,2-8,11-15H2,1H3/t17?,18-,22?,31+/m1/s1. The van der Waals surface area contributed by atoms with E-state index in [2.05, 4.69) is 9.88 Å². The summed E-state index contributed by atoms with van der Waals surface area (Å²) in [6.07, 6.45) is 3.96. The molecule has 0 bridgehead atoms. The Bertz CT molecular complexity index is 1610. The summed E-state index contributed by atoms with van der Waals surface area (Å²) in [6, 6.07) is 2.96. The third-order valence-electron chi connectivity index (χ3n) is 10.0. The Balaban J connectivity index is 1.29. The number of rotatable bonds is 5. The monoisotopic (exact) mass is 613 g/mol. The fourth-order valence-electron chi connectivity index (χ4n) is 7.67. The number of hydrogen-bond acceptors (Lipinski definition) is 9. The van der Waals surface area contributed by atoms with Crippen LogP contribution in [0, 0.1) is 11.7 Å². The zero-order valence-corrected chi connectivity index (χ0v) is 24.7. The minimum Gasteiger partial charge on any atom is -0.508 e. The van der Waals surface area contributed by atoms with E-state index < -0.39 is 17.5 Å². The third-order valence-corrected chi connectivity index (χ3v) is 10.3. The van der Waals surface area contributed by atoms with Crippen molar-refractivity contribution in [2.24, 2.45) is 5.92 Å². The van der Waals surface area contributed by atoms with Crippen LogP contribution >= 0.6 is 11.6 Å². The van der Waals surface area contributed by atoms with Gasteiger partial charge in [-0.05, 0) is 62.3 Å². The molecule has 1 N–H and O–H groups in total. The number of likely N-dealkylation sites (N-methyl/N-ethyl adjacent to an activating group) is 1. The molecule has 0 radical (unpaired) electrons. The first kappa shape index (κ1) is 27.5. The molecule has 5 aliphatic rings. The lowest BCUT2D eigenvalue weighted by atomic mass is 9.93. The van der Waals surface area contributed by atoms with Gasteiger partial charge in [0.05, 0.1) is 24.8 Å². The van der Waals surface area contributed by atoms with Gasteiger partial charge in [0.2, 0.25) is 5.88 Å². The number of phenols is 1. The van der Waals surface area contributed by atoms with E-state index in [0.29, 0.717) is 54.6 Å². The van der Waals surface area contributed by atoms with Gasteiger partial charge in [0.1, 0.15) is 40.9 Å². The molecule has 2 unspecified atom stereocenters. The Morgan fingerprint density at radius 3 is 2.88 bits per heavy atom. The minimum atomic E-state index is -0.898. The SMILES string of the molecule is CN1c2nc(OC[C@@]34CCCN3C[C@H](F)C4)nc3c(F)c(-c4cc(O)cc(Cl)c4C4CC4)nc(c23)OCC2CCOCC21. The number of alkyl halides is 1. The molecule has 6 heterocycles. The number of halogens is 3. The van der Waals surface area contributed by atoms with Gasteiger partial charge in [0.25, 0.3) is 0 Å². The van der Waals surface area contributed by atoms with Gasteiger partial charge >= 0.3 is 6.01 Å². The van der Waals surface area contributed by atoms with Crippen LogP contribution in [0.15, 0.2) is 12.1 Å². The summed E-state index contributed by atoms with van der Waals surface area (Å²) < 4.78 is 49.6. The van der Waals surface area contributed by atoms with E-state index >= 15 is 4.39 Å². The van der Waals surface area contributed by atoms with Crippen LogP contribution in [0.3, 0.4) is 0 Å². The highest BCUT2D eigenvalue weighted by molar-refractivity contribution is 6.32. The minimum absolute atomic E-state index is 0.0128. The Kier molecular flexibility index (Phi) is 6.58. The van der Waals surface area contributed by atoms with Crippen LogP contribution < -0.4 is 14.4 Å². The number of pyridine rings is 1. The van der Waals surface area contributed by atoms with Crippen molar-refractivity contribution in [3.05, 3.63) is 28.5 Å². The number of phenolic OH excluding ortho intramolecular Hbond substituents is 1. The summed E-state index contributed by atoms with van der Waals surface area (Å²) in [6.45, 7) is 2.94. The van der Waals surface area contributed by atoms with Gasteiger partial charge in [-0.1, -0.05) is 11.6 Å². The number of aromatic nitrogens is 3. The first-order valence-corrected chi connectivity index (χ1v) is 15.6. The second-order valence-electron chi connectivity index (χ2n) is 12.8. The topological polar surface area (TPSA) is 93.1 Å². The first-order valence-electron chi connectivity index (χ1n) is 15.2. The van der Waals surface area contributed by atoms with Crippen LogP contribution in [-0.2, 0) is 4.74 Å². The van der Waals surface area contributed by atoms with E-state index in [1.165, 1.54) is 12.1 Å². The number of aromatic hydroxyl groups is 1. The Morgan fingerprint density at radius 1 is 1.19 bits per heavy atom. The van der Waals surface area contributed by atoms with Gasteiger partial charge < -0.3 is 24.2 Å². The maximum absolute atomic E-state index is 16.8. The van der Waals surface area contributed by atoms with Crippen LogP contribution in [-0.4, -0.2) is 89.3 Å². The smallest absolute Gasteiger partial charge is 0.319 e. The van der Waals surface area contributed by atoms with E-state index in [1.807, 2.05) is 11.9 Å². The molecule has 3 saturated heterocycles. The van der Waals surface area contributed by atoms with Crippen molar-refractivity contribution in [2.75, 3.05) is 51.5 Å². The molecule has 228 valence electrons. The molecular formula is C31H34ClF2N5O4. The number of anilines is 1. The fourth-order valence-corrected chi connectivity index (χ4v) is 8.04. The lowest BCUT2D eigenvalue weighted by Gasteiger charge is -2.40. The quantitative estimate of drug-likeness (QED) is 0.414. The lowest BCUT2D eigenvalue weighted by Crippen LogP contribution is -2.48. The van der Waals surface area contributed by atoms with E-state index in [0.717, 1.165) is 44.2 Å². The fraction of sp³-hybridized carbons (Fsp3) is 0.581. The molecule has 8 rings (SSSR count). The van der Waals surface area contributed by atoms with Crippen LogP contribution in [0.25, 0.3) is 22.2 Å². The molecule has 1 saturated carbocycles. The highest BCUT2D eigenvalue weighted by Gasteiger charge is 2.49. The Hall–Kier alpha value is -3.02. The summed E-state index contributed by atoms with van der Waals surface area (Å²) in [5.41, 5.74) is 0.804. The summed E-state index contributed by atoms with van der Waals surface area (Å²) >= 11 is 6.59. The Labute approximate surface area is 253 Å². The molecule has 4 aliphatic heterocycles. The highest BCUT2D eigenvalue weighted by atomic mass is 35.5. The summed E-state index contributed by atoms with van der Waals surface area (Å²) in [5.74, 6) is 0.226. The molecule has 4 fully saturated rings. The van der Waals surface area contributed by atoms with Crippen LogP contribution in [0.2, 0.25) is 5.02 Å². The molecule has 12 heteroatoms. The van der Waals surface area contributed by atoms with Crippen LogP contribution in [0.1, 0.15) is 50.0 Å². The van der Waals surface area contributed by atoms with E-state index in [-0.39, 0.29) is 53.3 Å². The van der Waals surface area contributed by atoms with Crippen molar-refractivity contribution in [3.8, 4) is 28.9 Å². The molecule has 43 heavy (non-hydrogen) atoms. The van der Waals surface area contributed by atoms with E-state index in [1.54, 1.807) is 0 Å². The van der Waals surface area contributed by atoms with Crippen LogP contribution in [0.4, 0.5) is 14.6 Å². The summed E-state index contributed by atoms with van der Waals surface area (Å²) in [4.78, 5) is 18.3. The van der Waals surface area contributed by atoms with Crippen LogP contribution in [0.5, 0.6) is 17.6 Å². The van der Waals surface area contributed by atoms with Crippen molar-refractivity contribution >= 4 is 28.3 Å². The molecule has 2 aromatic heterocycles. The zero-order valence-electron chi connectivity index (χ0n) is 24.0.